The molecule has 0 unspecified atom stereocenters. The zero-order valence-electron chi connectivity index (χ0n) is 11.8. The highest BCUT2D eigenvalue weighted by Gasteiger charge is 2.10. The number of rotatable bonds is 4. The summed E-state index contributed by atoms with van der Waals surface area (Å²) in [5, 5.41) is 9.42. The van der Waals surface area contributed by atoms with Crippen LogP contribution in [-0.4, -0.2) is 26.6 Å². The van der Waals surface area contributed by atoms with Crippen LogP contribution in [0.3, 0.4) is 0 Å². The SMILES string of the molecule is CNCc1ccccc1Oc1cc2n[nH]c(=O)n2c(C)n1. The molecule has 108 valence electrons. The van der Waals surface area contributed by atoms with Crippen LogP contribution in [0.1, 0.15) is 11.4 Å². The van der Waals surface area contributed by atoms with E-state index in [0.29, 0.717) is 23.9 Å². The highest BCUT2D eigenvalue weighted by molar-refractivity contribution is 5.43. The van der Waals surface area contributed by atoms with Crippen molar-refractivity contribution in [3.05, 3.63) is 52.2 Å². The molecule has 7 heteroatoms. The molecule has 0 bridgehead atoms. The summed E-state index contributed by atoms with van der Waals surface area (Å²) < 4.78 is 7.24. The van der Waals surface area contributed by atoms with Gasteiger partial charge in [-0.1, -0.05) is 18.2 Å². The fourth-order valence-electron chi connectivity index (χ4n) is 2.18. The second-order valence-corrected chi connectivity index (χ2v) is 4.60. The van der Waals surface area contributed by atoms with Crippen LogP contribution < -0.4 is 15.7 Å². The first-order valence-corrected chi connectivity index (χ1v) is 6.54. The first-order valence-electron chi connectivity index (χ1n) is 6.54. The maximum atomic E-state index is 11.6. The summed E-state index contributed by atoms with van der Waals surface area (Å²) in [5.74, 6) is 1.65. The van der Waals surface area contributed by atoms with Gasteiger partial charge in [-0.3, -0.25) is 0 Å². The molecule has 0 saturated heterocycles. The Hall–Kier alpha value is -2.67. The molecule has 0 radical (unpaired) electrons. The van der Waals surface area contributed by atoms with Crippen molar-refractivity contribution in [3.8, 4) is 11.6 Å². The molecule has 0 aliphatic carbocycles. The van der Waals surface area contributed by atoms with Gasteiger partial charge in [0.15, 0.2) is 5.65 Å². The van der Waals surface area contributed by atoms with Crippen molar-refractivity contribution in [2.75, 3.05) is 7.05 Å². The molecule has 7 nitrogen and oxygen atoms in total. The van der Waals surface area contributed by atoms with E-state index < -0.39 is 0 Å². The van der Waals surface area contributed by atoms with Crippen LogP contribution in [0.2, 0.25) is 0 Å². The molecule has 0 aliphatic rings. The molecule has 2 aromatic heterocycles. The number of aromatic nitrogens is 4. The van der Waals surface area contributed by atoms with Crippen LogP contribution in [0.25, 0.3) is 5.65 Å². The normalized spacial score (nSPS) is 11.0. The lowest BCUT2D eigenvalue weighted by Crippen LogP contribution is -2.13. The highest BCUT2D eigenvalue weighted by atomic mass is 16.5. The summed E-state index contributed by atoms with van der Waals surface area (Å²) in [7, 11) is 1.88. The van der Waals surface area contributed by atoms with E-state index in [0.717, 1.165) is 11.3 Å². The van der Waals surface area contributed by atoms with Gasteiger partial charge in [0.2, 0.25) is 5.88 Å². The molecule has 0 spiro atoms. The third kappa shape index (κ3) is 2.50. The Morgan fingerprint density at radius 3 is 3.00 bits per heavy atom. The van der Waals surface area contributed by atoms with Gasteiger partial charge < -0.3 is 10.1 Å². The second kappa shape index (κ2) is 5.37. The van der Waals surface area contributed by atoms with Crippen molar-refractivity contribution in [2.24, 2.45) is 0 Å². The minimum Gasteiger partial charge on any atom is -0.438 e. The zero-order chi connectivity index (χ0) is 14.8. The van der Waals surface area contributed by atoms with Crippen LogP contribution >= 0.6 is 0 Å². The Labute approximate surface area is 120 Å². The van der Waals surface area contributed by atoms with Crippen molar-refractivity contribution in [1.29, 1.82) is 0 Å². The number of para-hydroxylation sites is 1. The molecule has 0 aliphatic heterocycles. The van der Waals surface area contributed by atoms with Gasteiger partial charge in [-0.2, -0.15) is 10.1 Å². The molecular weight excluding hydrogens is 270 g/mol. The molecule has 3 aromatic rings. The van der Waals surface area contributed by atoms with E-state index in [1.807, 2.05) is 31.3 Å². The van der Waals surface area contributed by atoms with Crippen molar-refractivity contribution < 1.29 is 4.74 Å². The quantitative estimate of drug-likeness (QED) is 0.753. The van der Waals surface area contributed by atoms with E-state index in [-0.39, 0.29) is 5.69 Å². The predicted molar refractivity (Wildman–Crippen MR) is 77.6 cm³/mol. The maximum Gasteiger partial charge on any atom is 0.349 e. The van der Waals surface area contributed by atoms with Crippen molar-refractivity contribution in [2.45, 2.75) is 13.5 Å². The summed E-state index contributed by atoms with van der Waals surface area (Å²) in [4.78, 5) is 15.9. The lowest BCUT2D eigenvalue weighted by Gasteiger charge is -2.10. The largest absolute Gasteiger partial charge is 0.438 e. The lowest BCUT2D eigenvalue weighted by atomic mass is 10.2. The van der Waals surface area contributed by atoms with Crippen LogP contribution in [0.15, 0.2) is 35.1 Å². The number of nitrogens with one attached hydrogen (secondary N) is 2. The third-order valence-corrected chi connectivity index (χ3v) is 3.10. The van der Waals surface area contributed by atoms with E-state index >= 15 is 0 Å². The Balaban J connectivity index is 2.00. The summed E-state index contributed by atoms with van der Waals surface area (Å²) in [5.41, 5.74) is 1.20. The fraction of sp³-hybridized carbons (Fsp3) is 0.214. The average Bonchev–Trinajstić information content (AvgIpc) is 2.83. The minimum atomic E-state index is -0.308. The Morgan fingerprint density at radius 1 is 1.38 bits per heavy atom. The number of hydrogen-bond donors (Lipinski definition) is 2. The Morgan fingerprint density at radius 2 is 2.19 bits per heavy atom. The van der Waals surface area contributed by atoms with Crippen LogP contribution in [0.4, 0.5) is 0 Å². The highest BCUT2D eigenvalue weighted by Crippen LogP contribution is 2.24. The molecular formula is C14H15N5O2. The third-order valence-electron chi connectivity index (χ3n) is 3.10. The fourth-order valence-corrected chi connectivity index (χ4v) is 2.18. The average molecular weight is 285 g/mol. The van der Waals surface area contributed by atoms with Gasteiger partial charge in [-0.05, 0) is 20.0 Å². The standard InChI is InChI=1S/C14H15N5O2/c1-9-16-13(7-12-17-18-14(20)19(9)12)21-11-6-4-3-5-10(11)8-15-2/h3-7,15H,8H2,1-2H3,(H,18,20). The predicted octanol–water partition coefficient (Wildman–Crippen LogP) is 1.24. The van der Waals surface area contributed by atoms with E-state index in [9.17, 15) is 4.79 Å². The molecule has 2 N–H and O–H groups in total. The van der Waals surface area contributed by atoms with Gasteiger partial charge in [0, 0.05) is 18.2 Å². The molecule has 0 atom stereocenters. The van der Waals surface area contributed by atoms with Gasteiger partial charge in [0.05, 0.1) is 0 Å². The first-order chi connectivity index (χ1) is 10.2. The number of benzene rings is 1. The molecule has 0 fully saturated rings. The summed E-state index contributed by atoms with van der Waals surface area (Å²) in [6.07, 6.45) is 0. The number of H-pyrrole nitrogens is 1. The molecule has 3 rings (SSSR count). The monoisotopic (exact) mass is 285 g/mol. The lowest BCUT2D eigenvalue weighted by molar-refractivity contribution is 0.452. The maximum absolute atomic E-state index is 11.6. The smallest absolute Gasteiger partial charge is 0.349 e. The topological polar surface area (TPSA) is 84.3 Å². The van der Waals surface area contributed by atoms with Crippen molar-refractivity contribution in [1.82, 2.24) is 24.9 Å². The number of aryl methyl sites for hydroxylation is 1. The van der Waals surface area contributed by atoms with Crippen LogP contribution in [-0.2, 0) is 6.54 Å². The molecule has 0 saturated carbocycles. The van der Waals surface area contributed by atoms with Gasteiger partial charge in [-0.25, -0.2) is 14.3 Å². The molecule has 1 aromatic carbocycles. The Bertz CT molecular complexity index is 837. The summed E-state index contributed by atoms with van der Waals surface area (Å²) in [6.45, 7) is 2.43. The van der Waals surface area contributed by atoms with Crippen LogP contribution in [0.5, 0.6) is 11.6 Å². The number of fused-ring (bicyclic) bond motifs is 1. The molecule has 0 amide bonds. The summed E-state index contributed by atoms with van der Waals surface area (Å²) >= 11 is 0. The number of aromatic amines is 1. The number of nitrogens with zero attached hydrogens (tertiary/aromatic N) is 3. The summed E-state index contributed by atoms with van der Waals surface area (Å²) in [6, 6.07) is 9.34. The van der Waals surface area contributed by atoms with Gasteiger partial charge in [0.25, 0.3) is 0 Å². The van der Waals surface area contributed by atoms with Crippen molar-refractivity contribution in [3.63, 3.8) is 0 Å². The number of hydrogen-bond acceptors (Lipinski definition) is 5. The van der Waals surface area contributed by atoms with Crippen molar-refractivity contribution >= 4 is 5.65 Å². The number of ether oxygens (including phenoxy) is 1. The van der Waals surface area contributed by atoms with E-state index in [4.69, 9.17) is 4.74 Å². The second-order valence-electron chi connectivity index (χ2n) is 4.60. The minimum absolute atomic E-state index is 0.308. The first kappa shape index (κ1) is 13.3. The van der Waals surface area contributed by atoms with E-state index in [1.165, 1.54) is 4.40 Å². The van der Waals surface area contributed by atoms with E-state index in [1.54, 1.807) is 13.0 Å². The van der Waals surface area contributed by atoms with E-state index in [2.05, 4.69) is 20.5 Å². The van der Waals surface area contributed by atoms with Gasteiger partial charge >= 0.3 is 5.69 Å². The molecule has 2 heterocycles. The van der Waals surface area contributed by atoms with Crippen LogP contribution in [0, 0.1) is 6.92 Å². The van der Waals surface area contributed by atoms with Gasteiger partial charge in [0.1, 0.15) is 11.6 Å². The molecule has 21 heavy (non-hydrogen) atoms. The van der Waals surface area contributed by atoms with Gasteiger partial charge in [-0.15, -0.1) is 0 Å². The Kier molecular flexibility index (Phi) is 3.41. The zero-order valence-corrected chi connectivity index (χ0v) is 11.8.